The van der Waals surface area contributed by atoms with Crippen molar-refractivity contribution < 1.29 is 27.1 Å². The van der Waals surface area contributed by atoms with E-state index in [4.69, 9.17) is 4.74 Å². The predicted molar refractivity (Wildman–Crippen MR) is 143 cm³/mol. The highest BCUT2D eigenvalue weighted by atomic mass is 32.2. The lowest BCUT2D eigenvalue weighted by Gasteiger charge is -2.33. The summed E-state index contributed by atoms with van der Waals surface area (Å²) in [7, 11) is -2.09. The number of amides is 2. The zero-order valence-corrected chi connectivity index (χ0v) is 23.3. The molecule has 2 aromatic rings. The Morgan fingerprint density at radius 1 is 1.11 bits per heavy atom. The molecule has 8 nitrogen and oxygen atoms in total. The second-order valence-electron chi connectivity index (χ2n) is 9.95. The highest BCUT2D eigenvalue weighted by Gasteiger charge is 2.30. The van der Waals surface area contributed by atoms with Crippen LogP contribution < -0.4 is 14.4 Å². The van der Waals surface area contributed by atoms with E-state index in [1.165, 1.54) is 24.3 Å². The number of nitrogens with zero attached hydrogens (tertiary/aromatic N) is 2. The number of methoxy groups -OCH3 is 1. The third kappa shape index (κ3) is 9.35. The SMILES string of the molecule is CC[C@H](C(=O)NC(C)(C)C)N(Cc1cccc(OC)c1)C(=O)CCCN(c1ccc(F)cc1)S(C)(=O)=O. The monoisotopic (exact) mass is 535 g/mol. The van der Waals surface area contributed by atoms with Gasteiger partial charge in [0.15, 0.2) is 0 Å². The standard InChI is InChI=1S/C27H38FN3O5S/c1-7-24(26(33)29-27(2,3)4)30(19-20-10-8-11-23(18-20)36-5)25(32)12-9-17-31(37(6,34)35)22-15-13-21(28)14-16-22/h8,10-11,13-16,18,24H,7,9,12,17,19H2,1-6H3,(H,29,33)/t24-/m1/s1. The van der Waals surface area contributed by atoms with Crippen LogP contribution in [0.1, 0.15) is 52.5 Å². The molecule has 2 amide bonds. The topological polar surface area (TPSA) is 96.0 Å². The van der Waals surface area contributed by atoms with E-state index >= 15 is 0 Å². The molecule has 0 aromatic heterocycles. The van der Waals surface area contributed by atoms with Gasteiger partial charge in [0.1, 0.15) is 17.6 Å². The van der Waals surface area contributed by atoms with Crippen LogP contribution in [-0.4, -0.2) is 56.6 Å². The molecule has 10 heteroatoms. The Morgan fingerprint density at radius 2 is 1.76 bits per heavy atom. The second kappa shape index (κ2) is 12.9. The Balaban J connectivity index is 2.25. The zero-order valence-electron chi connectivity index (χ0n) is 22.5. The molecule has 204 valence electrons. The molecule has 0 aliphatic carbocycles. The molecular weight excluding hydrogens is 497 g/mol. The summed E-state index contributed by atoms with van der Waals surface area (Å²) in [6.45, 7) is 7.70. The Kier molecular flexibility index (Phi) is 10.5. The van der Waals surface area contributed by atoms with Gasteiger partial charge in [-0.05, 0) is 75.6 Å². The van der Waals surface area contributed by atoms with Gasteiger partial charge in [-0.25, -0.2) is 12.8 Å². The number of rotatable bonds is 12. The van der Waals surface area contributed by atoms with Crippen LogP contribution in [0.15, 0.2) is 48.5 Å². The van der Waals surface area contributed by atoms with Crippen molar-refractivity contribution in [2.45, 2.75) is 65.1 Å². The molecule has 0 saturated carbocycles. The van der Waals surface area contributed by atoms with Gasteiger partial charge in [0.05, 0.1) is 19.1 Å². The quantitative estimate of drug-likeness (QED) is 0.442. The van der Waals surface area contributed by atoms with Crippen LogP contribution in [-0.2, 0) is 26.2 Å². The first-order chi connectivity index (χ1) is 17.2. The third-order valence-electron chi connectivity index (χ3n) is 5.64. The highest BCUT2D eigenvalue weighted by molar-refractivity contribution is 7.92. The maximum Gasteiger partial charge on any atom is 0.243 e. The van der Waals surface area contributed by atoms with Gasteiger partial charge < -0.3 is 15.0 Å². The Hall–Kier alpha value is -3.14. The van der Waals surface area contributed by atoms with Crippen LogP contribution in [0.2, 0.25) is 0 Å². The third-order valence-corrected chi connectivity index (χ3v) is 6.83. The number of carbonyl (C=O) groups is 2. The number of hydrogen-bond donors (Lipinski definition) is 1. The van der Waals surface area contributed by atoms with Crippen LogP contribution in [0.4, 0.5) is 10.1 Å². The smallest absolute Gasteiger partial charge is 0.243 e. The highest BCUT2D eigenvalue weighted by Crippen LogP contribution is 2.21. The molecule has 0 spiro atoms. The van der Waals surface area contributed by atoms with Crippen LogP contribution >= 0.6 is 0 Å². The normalized spacial score (nSPS) is 12.5. The van der Waals surface area contributed by atoms with Gasteiger partial charge in [-0.3, -0.25) is 13.9 Å². The number of sulfonamides is 1. The molecule has 0 fully saturated rings. The van der Waals surface area contributed by atoms with Crippen molar-refractivity contribution in [2.75, 3.05) is 24.2 Å². The van der Waals surface area contributed by atoms with E-state index in [2.05, 4.69) is 5.32 Å². The van der Waals surface area contributed by atoms with E-state index in [1.807, 2.05) is 45.9 Å². The second-order valence-corrected chi connectivity index (χ2v) is 11.9. The number of hydrogen-bond acceptors (Lipinski definition) is 5. The van der Waals surface area contributed by atoms with Gasteiger partial charge >= 0.3 is 0 Å². The molecule has 1 N–H and O–H groups in total. The average Bonchev–Trinajstić information content (AvgIpc) is 2.80. The van der Waals surface area contributed by atoms with Crippen LogP contribution in [0.5, 0.6) is 5.75 Å². The largest absolute Gasteiger partial charge is 0.497 e. The van der Waals surface area contributed by atoms with Crippen molar-refractivity contribution >= 4 is 27.5 Å². The summed E-state index contributed by atoms with van der Waals surface area (Å²) in [6, 6.07) is 11.7. The minimum Gasteiger partial charge on any atom is -0.497 e. The first-order valence-corrected chi connectivity index (χ1v) is 14.1. The maximum atomic E-state index is 13.5. The Bertz CT molecular complexity index is 1160. The molecule has 0 radical (unpaired) electrons. The maximum absolute atomic E-state index is 13.5. The zero-order chi connectivity index (χ0) is 27.8. The van der Waals surface area contributed by atoms with Crippen molar-refractivity contribution in [1.82, 2.24) is 10.2 Å². The number of benzene rings is 2. The van der Waals surface area contributed by atoms with Crippen molar-refractivity contribution in [3.63, 3.8) is 0 Å². The van der Waals surface area contributed by atoms with E-state index < -0.39 is 27.4 Å². The molecule has 0 heterocycles. The summed E-state index contributed by atoms with van der Waals surface area (Å²) in [5.41, 5.74) is 0.653. The first kappa shape index (κ1) is 30.1. The number of halogens is 1. The van der Waals surface area contributed by atoms with Crippen LogP contribution in [0.3, 0.4) is 0 Å². The van der Waals surface area contributed by atoms with Gasteiger partial charge in [0, 0.05) is 25.0 Å². The minimum atomic E-state index is -3.65. The van der Waals surface area contributed by atoms with Gasteiger partial charge in [-0.1, -0.05) is 19.1 Å². The van der Waals surface area contributed by atoms with E-state index in [-0.39, 0.29) is 37.7 Å². The Labute approximate surface area is 219 Å². The van der Waals surface area contributed by atoms with Crippen molar-refractivity contribution in [3.05, 3.63) is 59.9 Å². The molecule has 1 atom stereocenters. The summed E-state index contributed by atoms with van der Waals surface area (Å²) >= 11 is 0. The van der Waals surface area contributed by atoms with Crippen LogP contribution in [0, 0.1) is 5.82 Å². The number of carbonyl (C=O) groups excluding carboxylic acids is 2. The molecule has 2 rings (SSSR count). The molecule has 0 saturated heterocycles. The van der Waals surface area contributed by atoms with Crippen molar-refractivity contribution in [3.8, 4) is 5.75 Å². The summed E-state index contributed by atoms with van der Waals surface area (Å²) < 4.78 is 44.5. The van der Waals surface area contributed by atoms with E-state index in [0.717, 1.165) is 16.1 Å². The molecule has 0 aliphatic heterocycles. The van der Waals surface area contributed by atoms with E-state index in [0.29, 0.717) is 17.9 Å². The van der Waals surface area contributed by atoms with Gasteiger partial charge in [0.25, 0.3) is 0 Å². The van der Waals surface area contributed by atoms with E-state index in [1.54, 1.807) is 18.1 Å². The van der Waals surface area contributed by atoms with Gasteiger partial charge in [-0.15, -0.1) is 0 Å². The molecular formula is C27H38FN3O5S. The molecule has 2 aromatic carbocycles. The summed E-state index contributed by atoms with van der Waals surface area (Å²) in [4.78, 5) is 28.1. The summed E-state index contributed by atoms with van der Waals surface area (Å²) in [5, 5.41) is 2.96. The predicted octanol–water partition coefficient (Wildman–Crippen LogP) is 4.10. The molecule has 0 aliphatic rings. The average molecular weight is 536 g/mol. The molecule has 0 bridgehead atoms. The number of ether oxygens (including phenoxy) is 1. The van der Waals surface area contributed by atoms with Crippen molar-refractivity contribution in [2.24, 2.45) is 0 Å². The molecule has 0 unspecified atom stereocenters. The summed E-state index contributed by atoms with van der Waals surface area (Å²) in [6.07, 6.45) is 1.71. The fourth-order valence-corrected chi connectivity index (χ4v) is 4.92. The number of nitrogens with one attached hydrogen (secondary N) is 1. The fraction of sp³-hybridized carbons (Fsp3) is 0.481. The van der Waals surface area contributed by atoms with E-state index in [9.17, 15) is 22.4 Å². The first-order valence-electron chi connectivity index (χ1n) is 12.2. The lowest BCUT2D eigenvalue weighted by Crippen LogP contribution is -2.53. The molecule has 37 heavy (non-hydrogen) atoms. The lowest BCUT2D eigenvalue weighted by atomic mass is 10.0. The lowest BCUT2D eigenvalue weighted by molar-refractivity contribution is -0.142. The summed E-state index contributed by atoms with van der Waals surface area (Å²) in [5.74, 6) is -0.360. The fourth-order valence-electron chi connectivity index (χ4n) is 3.95. The number of anilines is 1. The van der Waals surface area contributed by atoms with Gasteiger partial charge in [0.2, 0.25) is 21.8 Å². The van der Waals surface area contributed by atoms with Crippen molar-refractivity contribution in [1.29, 1.82) is 0 Å². The van der Waals surface area contributed by atoms with Gasteiger partial charge in [-0.2, -0.15) is 0 Å². The minimum absolute atomic E-state index is 0.0243. The Morgan fingerprint density at radius 3 is 2.30 bits per heavy atom. The van der Waals surface area contributed by atoms with Crippen LogP contribution in [0.25, 0.3) is 0 Å².